The van der Waals surface area contributed by atoms with E-state index in [4.69, 9.17) is 0 Å². The summed E-state index contributed by atoms with van der Waals surface area (Å²) in [6, 6.07) is 9.52. The molecule has 1 amide bonds. The van der Waals surface area contributed by atoms with E-state index in [0.29, 0.717) is 5.56 Å². The molecular formula is C15H15N3O. The second kappa shape index (κ2) is 4.72. The number of nitrogens with one attached hydrogen (secondary N) is 1. The first-order chi connectivity index (χ1) is 9.25. The highest BCUT2D eigenvalue weighted by atomic mass is 16.2. The zero-order chi connectivity index (χ0) is 13.2. The molecule has 1 aromatic heterocycles. The molecule has 0 bridgehead atoms. The van der Waals surface area contributed by atoms with Crippen LogP contribution in [0.3, 0.4) is 0 Å². The number of anilines is 2. The van der Waals surface area contributed by atoms with Crippen LogP contribution in [-0.2, 0) is 6.42 Å². The van der Waals surface area contributed by atoms with Crippen molar-refractivity contribution in [2.45, 2.75) is 6.42 Å². The topological polar surface area (TPSA) is 45.2 Å². The molecule has 0 spiro atoms. The summed E-state index contributed by atoms with van der Waals surface area (Å²) in [4.78, 5) is 18.1. The van der Waals surface area contributed by atoms with Crippen LogP contribution in [0.2, 0.25) is 0 Å². The maximum absolute atomic E-state index is 12.4. The number of hydrogen-bond donors (Lipinski definition) is 1. The molecule has 0 radical (unpaired) electrons. The van der Waals surface area contributed by atoms with Crippen molar-refractivity contribution in [1.82, 2.24) is 4.98 Å². The second-order valence-electron chi connectivity index (χ2n) is 4.62. The van der Waals surface area contributed by atoms with Crippen LogP contribution in [0.5, 0.6) is 0 Å². The molecule has 2 heterocycles. The Labute approximate surface area is 112 Å². The van der Waals surface area contributed by atoms with Gasteiger partial charge in [-0.15, -0.1) is 0 Å². The van der Waals surface area contributed by atoms with Crippen molar-refractivity contribution < 1.29 is 4.79 Å². The van der Waals surface area contributed by atoms with E-state index in [-0.39, 0.29) is 5.91 Å². The van der Waals surface area contributed by atoms with E-state index in [9.17, 15) is 4.79 Å². The zero-order valence-electron chi connectivity index (χ0n) is 10.8. The number of carbonyl (C=O) groups is 1. The lowest BCUT2D eigenvalue weighted by atomic mass is 10.1. The van der Waals surface area contributed by atoms with Gasteiger partial charge in [0.2, 0.25) is 0 Å². The minimum absolute atomic E-state index is 0.0114. The predicted octanol–water partition coefficient (Wildman–Crippen LogP) is 2.33. The van der Waals surface area contributed by atoms with Gasteiger partial charge in [-0.05, 0) is 42.3 Å². The zero-order valence-corrected chi connectivity index (χ0v) is 10.8. The Morgan fingerprint density at radius 1 is 1.37 bits per heavy atom. The summed E-state index contributed by atoms with van der Waals surface area (Å²) in [5.74, 6) is -0.0114. The van der Waals surface area contributed by atoms with Gasteiger partial charge in [0.05, 0.1) is 11.9 Å². The van der Waals surface area contributed by atoms with Gasteiger partial charge in [-0.25, -0.2) is 0 Å². The van der Waals surface area contributed by atoms with Gasteiger partial charge in [-0.2, -0.15) is 0 Å². The molecule has 0 saturated heterocycles. The molecule has 19 heavy (non-hydrogen) atoms. The maximum atomic E-state index is 12.4. The van der Waals surface area contributed by atoms with Crippen molar-refractivity contribution in [2.24, 2.45) is 0 Å². The van der Waals surface area contributed by atoms with Gasteiger partial charge in [-0.3, -0.25) is 9.78 Å². The minimum atomic E-state index is -0.0114. The Bertz CT molecular complexity index is 610. The van der Waals surface area contributed by atoms with Gasteiger partial charge in [0.1, 0.15) is 0 Å². The maximum Gasteiger partial charge on any atom is 0.258 e. The molecule has 96 valence electrons. The van der Waals surface area contributed by atoms with E-state index in [1.54, 1.807) is 24.3 Å². The number of amides is 1. The van der Waals surface area contributed by atoms with Gasteiger partial charge in [-0.1, -0.05) is 0 Å². The third-order valence-electron chi connectivity index (χ3n) is 3.40. The Morgan fingerprint density at radius 3 is 3.05 bits per heavy atom. The van der Waals surface area contributed by atoms with E-state index in [1.165, 1.54) is 5.56 Å². The summed E-state index contributed by atoms with van der Waals surface area (Å²) in [5.41, 5.74) is 3.87. The number of carbonyl (C=O) groups excluding carboxylic acids is 1. The lowest BCUT2D eigenvalue weighted by molar-refractivity contribution is 0.0993. The summed E-state index contributed by atoms with van der Waals surface area (Å²) in [5, 5.41) is 3.29. The summed E-state index contributed by atoms with van der Waals surface area (Å²) in [6.45, 7) is 0.950. The van der Waals surface area contributed by atoms with E-state index >= 15 is 0 Å². The van der Waals surface area contributed by atoms with Crippen LogP contribution in [0.4, 0.5) is 11.4 Å². The molecule has 0 unspecified atom stereocenters. The number of hydrogen-bond acceptors (Lipinski definition) is 3. The molecule has 0 saturated carbocycles. The predicted molar refractivity (Wildman–Crippen MR) is 75.6 cm³/mol. The van der Waals surface area contributed by atoms with Crippen LogP contribution in [0.25, 0.3) is 0 Å². The monoisotopic (exact) mass is 253 g/mol. The van der Waals surface area contributed by atoms with Crippen LogP contribution in [0.1, 0.15) is 15.9 Å². The third kappa shape index (κ3) is 2.17. The summed E-state index contributed by atoms with van der Waals surface area (Å²) in [7, 11) is 1.77. The Morgan fingerprint density at radius 2 is 2.26 bits per heavy atom. The molecule has 4 heteroatoms. The van der Waals surface area contributed by atoms with Crippen LogP contribution in [-0.4, -0.2) is 24.5 Å². The van der Waals surface area contributed by atoms with Crippen molar-refractivity contribution in [2.75, 3.05) is 23.8 Å². The number of nitrogens with zero attached hydrogens (tertiary/aromatic N) is 2. The van der Waals surface area contributed by atoms with Gasteiger partial charge in [0, 0.05) is 31.0 Å². The van der Waals surface area contributed by atoms with Crippen LogP contribution < -0.4 is 10.2 Å². The van der Waals surface area contributed by atoms with Crippen LogP contribution in [0.15, 0.2) is 42.7 Å². The van der Waals surface area contributed by atoms with E-state index in [2.05, 4.69) is 10.3 Å². The SMILES string of the molecule is CN(C(=O)c1ccc2c(c1)CCN2)c1cccnc1. The highest BCUT2D eigenvalue weighted by molar-refractivity contribution is 6.06. The Balaban J connectivity index is 1.88. The molecule has 0 fully saturated rings. The first-order valence-corrected chi connectivity index (χ1v) is 6.30. The molecule has 1 aliphatic heterocycles. The fraction of sp³-hybridized carbons (Fsp3) is 0.200. The summed E-state index contributed by atoms with van der Waals surface area (Å²) < 4.78 is 0. The highest BCUT2D eigenvalue weighted by Crippen LogP contribution is 2.24. The average molecular weight is 253 g/mol. The molecule has 1 aromatic carbocycles. The van der Waals surface area contributed by atoms with Crippen molar-refractivity contribution in [3.63, 3.8) is 0 Å². The highest BCUT2D eigenvalue weighted by Gasteiger charge is 2.17. The largest absolute Gasteiger partial charge is 0.384 e. The summed E-state index contributed by atoms with van der Waals surface area (Å²) in [6.07, 6.45) is 4.36. The van der Waals surface area contributed by atoms with Gasteiger partial charge in [0.15, 0.2) is 0 Å². The number of benzene rings is 1. The molecule has 4 nitrogen and oxygen atoms in total. The lowest BCUT2D eigenvalue weighted by Crippen LogP contribution is -2.26. The number of fused-ring (bicyclic) bond motifs is 1. The molecule has 3 rings (SSSR count). The van der Waals surface area contributed by atoms with E-state index in [1.807, 2.05) is 30.3 Å². The van der Waals surface area contributed by atoms with Gasteiger partial charge in [0.25, 0.3) is 5.91 Å². The van der Waals surface area contributed by atoms with E-state index in [0.717, 1.165) is 24.3 Å². The molecular weight excluding hydrogens is 238 g/mol. The molecule has 2 aromatic rings. The van der Waals surface area contributed by atoms with E-state index < -0.39 is 0 Å². The normalized spacial score (nSPS) is 12.7. The lowest BCUT2D eigenvalue weighted by Gasteiger charge is -2.17. The van der Waals surface area contributed by atoms with Crippen molar-refractivity contribution in [3.05, 3.63) is 53.9 Å². The molecule has 1 N–H and O–H groups in total. The fourth-order valence-electron chi connectivity index (χ4n) is 2.30. The van der Waals surface area contributed by atoms with Crippen molar-refractivity contribution >= 4 is 17.3 Å². The molecule has 1 aliphatic rings. The standard InChI is InChI=1S/C15H15N3O/c1-18(13-3-2-7-16-10-13)15(19)12-4-5-14-11(9-12)6-8-17-14/h2-5,7,9-10,17H,6,8H2,1H3. The Hall–Kier alpha value is -2.36. The summed E-state index contributed by atoms with van der Waals surface area (Å²) >= 11 is 0. The second-order valence-corrected chi connectivity index (χ2v) is 4.62. The van der Waals surface area contributed by atoms with Crippen molar-refractivity contribution in [1.29, 1.82) is 0 Å². The van der Waals surface area contributed by atoms with Crippen molar-refractivity contribution in [3.8, 4) is 0 Å². The molecule has 0 aliphatic carbocycles. The van der Waals surface area contributed by atoms with Crippen LogP contribution >= 0.6 is 0 Å². The van der Waals surface area contributed by atoms with Crippen LogP contribution in [0, 0.1) is 0 Å². The number of pyridine rings is 1. The third-order valence-corrected chi connectivity index (χ3v) is 3.40. The minimum Gasteiger partial charge on any atom is -0.384 e. The quantitative estimate of drug-likeness (QED) is 0.893. The smallest absolute Gasteiger partial charge is 0.258 e. The first-order valence-electron chi connectivity index (χ1n) is 6.30. The first kappa shape index (κ1) is 11.7. The fourth-order valence-corrected chi connectivity index (χ4v) is 2.30. The average Bonchev–Trinajstić information content (AvgIpc) is 2.94. The van der Waals surface area contributed by atoms with Gasteiger partial charge >= 0.3 is 0 Å². The molecule has 0 atom stereocenters. The number of rotatable bonds is 2. The number of aromatic nitrogens is 1. The van der Waals surface area contributed by atoms with Gasteiger partial charge < -0.3 is 10.2 Å². The Kier molecular flexibility index (Phi) is 2.91.